The Balaban J connectivity index is 2.30. The molecule has 0 radical (unpaired) electrons. The van der Waals surface area contributed by atoms with Crippen LogP contribution in [-0.4, -0.2) is 24.3 Å². The number of aliphatic hydroxyl groups excluding tert-OH is 1. The lowest BCUT2D eigenvalue weighted by Gasteiger charge is -2.14. The van der Waals surface area contributed by atoms with Crippen LogP contribution in [0.2, 0.25) is 0 Å². The van der Waals surface area contributed by atoms with Gasteiger partial charge in [-0.2, -0.15) is 0 Å². The van der Waals surface area contributed by atoms with Crippen molar-refractivity contribution < 1.29 is 14.6 Å². The van der Waals surface area contributed by atoms with Gasteiger partial charge in [0, 0.05) is 0 Å². The van der Waals surface area contributed by atoms with E-state index in [1.807, 2.05) is 30.3 Å². The largest absolute Gasteiger partial charge is 0.469 e. The maximum atomic E-state index is 11.2. The first-order chi connectivity index (χ1) is 8.13. The van der Waals surface area contributed by atoms with E-state index in [9.17, 15) is 9.90 Å². The molecule has 1 aromatic rings. The molecule has 94 valence electrons. The molecule has 0 saturated carbocycles. The minimum Gasteiger partial charge on any atom is -0.469 e. The molecule has 0 aromatic heterocycles. The smallest absolute Gasteiger partial charge is 0.308 e. The fourth-order valence-corrected chi connectivity index (χ4v) is 1.80. The van der Waals surface area contributed by atoms with E-state index in [1.54, 1.807) is 6.92 Å². The van der Waals surface area contributed by atoms with Gasteiger partial charge in [0.1, 0.15) is 0 Å². The predicted octanol–water partition coefficient (Wildman–Crippen LogP) is 2.18. The first-order valence-electron chi connectivity index (χ1n) is 5.93. The van der Waals surface area contributed by atoms with Crippen molar-refractivity contribution in [3.63, 3.8) is 0 Å². The number of aryl methyl sites for hydroxylation is 1. The number of methoxy groups -OCH3 is 1. The molecule has 0 aliphatic heterocycles. The van der Waals surface area contributed by atoms with Crippen molar-refractivity contribution in [2.45, 2.75) is 32.3 Å². The van der Waals surface area contributed by atoms with Gasteiger partial charge in [-0.1, -0.05) is 37.3 Å². The van der Waals surface area contributed by atoms with E-state index < -0.39 is 6.10 Å². The molecular formula is C14H20O3. The van der Waals surface area contributed by atoms with Gasteiger partial charge in [0.2, 0.25) is 0 Å². The Labute approximate surface area is 102 Å². The fraction of sp³-hybridized carbons (Fsp3) is 0.500. The Morgan fingerprint density at radius 1 is 1.35 bits per heavy atom. The molecule has 0 spiro atoms. The first kappa shape index (κ1) is 13.7. The number of aliphatic hydroxyl groups is 1. The number of carbonyl (C=O) groups excluding carboxylic acids is 1. The van der Waals surface area contributed by atoms with Crippen LogP contribution in [0.25, 0.3) is 0 Å². The number of benzene rings is 1. The van der Waals surface area contributed by atoms with E-state index in [4.69, 9.17) is 0 Å². The summed E-state index contributed by atoms with van der Waals surface area (Å²) in [5.74, 6) is -0.505. The number of hydrogen-bond donors (Lipinski definition) is 1. The van der Waals surface area contributed by atoms with E-state index in [2.05, 4.69) is 4.74 Å². The van der Waals surface area contributed by atoms with Crippen LogP contribution in [0.1, 0.15) is 25.3 Å². The number of esters is 1. The van der Waals surface area contributed by atoms with Crippen LogP contribution < -0.4 is 0 Å². The van der Waals surface area contributed by atoms with Gasteiger partial charge < -0.3 is 9.84 Å². The number of ether oxygens (including phenoxy) is 1. The zero-order valence-electron chi connectivity index (χ0n) is 10.4. The summed E-state index contributed by atoms with van der Waals surface area (Å²) in [6, 6.07) is 10.0. The topological polar surface area (TPSA) is 46.5 Å². The summed E-state index contributed by atoms with van der Waals surface area (Å²) >= 11 is 0. The van der Waals surface area contributed by atoms with Crippen LogP contribution in [-0.2, 0) is 16.0 Å². The van der Waals surface area contributed by atoms with Crippen molar-refractivity contribution in [2.75, 3.05) is 7.11 Å². The SMILES string of the molecule is COC(=O)C(C)CC(O)CCc1ccccc1. The van der Waals surface area contributed by atoms with Gasteiger partial charge in [-0.05, 0) is 24.8 Å². The predicted molar refractivity (Wildman–Crippen MR) is 66.6 cm³/mol. The molecule has 0 saturated heterocycles. The lowest BCUT2D eigenvalue weighted by molar-refractivity contribution is -0.145. The maximum Gasteiger partial charge on any atom is 0.308 e. The van der Waals surface area contributed by atoms with Crippen molar-refractivity contribution in [3.05, 3.63) is 35.9 Å². The molecule has 0 heterocycles. The van der Waals surface area contributed by atoms with Crippen LogP contribution in [0, 0.1) is 5.92 Å². The first-order valence-corrected chi connectivity index (χ1v) is 5.93. The molecule has 0 aliphatic rings. The Morgan fingerprint density at radius 3 is 2.59 bits per heavy atom. The lowest BCUT2D eigenvalue weighted by Crippen LogP contribution is -2.20. The molecule has 1 rings (SSSR count). The van der Waals surface area contributed by atoms with E-state index in [1.165, 1.54) is 12.7 Å². The van der Waals surface area contributed by atoms with Gasteiger partial charge in [-0.25, -0.2) is 0 Å². The standard InChI is InChI=1S/C14H20O3/c1-11(14(16)17-2)10-13(15)9-8-12-6-4-3-5-7-12/h3-7,11,13,15H,8-10H2,1-2H3. The maximum absolute atomic E-state index is 11.2. The Kier molecular flexibility index (Phi) is 5.70. The zero-order valence-corrected chi connectivity index (χ0v) is 10.4. The van der Waals surface area contributed by atoms with Crippen LogP contribution in [0.5, 0.6) is 0 Å². The van der Waals surface area contributed by atoms with E-state index >= 15 is 0 Å². The van der Waals surface area contributed by atoms with Crippen molar-refractivity contribution in [1.82, 2.24) is 0 Å². The molecule has 2 unspecified atom stereocenters. The molecule has 1 aromatic carbocycles. The third-order valence-electron chi connectivity index (χ3n) is 2.84. The third-order valence-corrected chi connectivity index (χ3v) is 2.84. The van der Waals surface area contributed by atoms with Crippen LogP contribution in [0.4, 0.5) is 0 Å². The van der Waals surface area contributed by atoms with Crippen molar-refractivity contribution in [3.8, 4) is 0 Å². The summed E-state index contributed by atoms with van der Waals surface area (Å²) in [6.45, 7) is 1.78. The monoisotopic (exact) mass is 236 g/mol. The molecule has 0 amide bonds. The highest BCUT2D eigenvalue weighted by molar-refractivity contribution is 5.71. The highest BCUT2D eigenvalue weighted by atomic mass is 16.5. The van der Waals surface area contributed by atoms with E-state index in [-0.39, 0.29) is 11.9 Å². The van der Waals surface area contributed by atoms with E-state index in [0.29, 0.717) is 12.8 Å². The van der Waals surface area contributed by atoms with Gasteiger partial charge in [0.15, 0.2) is 0 Å². The molecule has 3 heteroatoms. The summed E-state index contributed by atoms with van der Waals surface area (Å²) in [5.41, 5.74) is 1.21. The number of carbonyl (C=O) groups is 1. The summed E-state index contributed by atoms with van der Waals surface area (Å²) < 4.78 is 4.63. The van der Waals surface area contributed by atoms with Gasteiger partial charge in [0.05, 0.1) is 19.1 Å². The second-order valence-electron chi connectivity index (χ2n) is 4.34. The zero-order chi connectivity index (χ0) is 12.7. The Bertz CT molecular complexity index is 335. The molecule has 1 N–H and O–H groups in total. The van der Waals surface area contributed by atoms with Crippen molar-refractivity contribution >= 4 is 5.97 Å². The average molecular weight is 236 g/mol. The van der Waals surface area contributed by atoms with Gasteiger partial charge in [-0.3, -0.25) is 4.79 Å². The number of rotatable bonds is 6. The van der Waals surface area contributed by atoms with Gasteiger partial charge in [-0.15, -0.1) is 0 Å². The average Bonchev–Trinajstić information content (AvgIpc) is 2.36. The molecule has 3 nitrogen and oxygen atoms in total. The summed E-state index contributed by atoms with van der Waals surface area (Å²) in [5, 5.41) is 9.82. The summed E-state index contributed by atoms with van der Waals surface area (Å²) in [7, 11) is 1.37. The second-order valence-corrected chi connectivity index (χ2v) is 4.34. The molecule has 2 atom stereocenters. The minimum atomic E-state index is -0.454. The second kappa shape index (κ2) is 7.07. The molecule has 17 heavy (non-hydrogen) atoms. The highest BCUT2D eigenvalue weighted by Crippen LogP contribution is 2.13. The minimum absolute atomic E-state index is 0.245. The van der Waals surface area contributed by atoms with E-state index in [0.717, 1.165) is 6.42 Å². The molecular weight excluding hydrogens is 216 g/mol. The molecule has 0 aliphatic carbocycles. The number of hydrogen-bond acceptors (Lipinski definition) is 3. The van der Waals surface area contributed by atoms with Crippen molar-refractivity contribution in [2.24, 2.45) is 5.92 Å². The fourth-order valence-electron chi connectivity index (χ4n) is 1.80. The normalized spacial score (nSPS) is 14.1. The molecule has 0 fully saturated rings. The van der Waals surface area contributed by atoms with Crippen LogP contribution in [0.3, 0.4) is 0 Å². The van der Waals surface area contributed by atoms with Gasteiger partial charge in [0.25, 0.3) is 0 Å². The van der Waals surface area contributed by atoms with Gasteiger partial charge >= 0.3 is 5.97 Å². The Morgan fingerprint density at radius 2 is 2.00 bits per heavy atom. The summed E-state index contributed by atoms with van der Waals surface area (Å²) in [6.07, 6.45) is 1.50. The van der Waals surface area contributed by atoms with Crippen LogP contribution >= 0.6 is 0 Å². The Hall–Kier alpha value is -1.35. The quantitative estimate of drug-likeness (QED) is 0.770. The third kappa shape index (κ3) is 5.00. The summed E-state index contributed by atoms with van der Waals surface area (Å²) in [4.78, 5) is 11.2. The lowest BCUT2D eigenvalue weighted by atomic mass is 9.98. The highest BCUT2D eigenvalue weighted by Gasteiger charge is 2.17. The molecule has 0 bridgehead atoms. The van der Waals surface area contributed by atoms with Crippen LogP contribution in [0.15, 0.2) is 30.3 Å². The van der Waals surface area contributed by atoms with Crippen molar-refractivity contribution in [1.29, 1.82) is 0 Å².